The van der Waals surface area contributed by atoms with E-state index in [9.17, 15) is 0 Å². The highest BCUT2D eigenvalue weighted by Gasteiger charge is 2.26. The van der Waals surface area contributed by atoms with Crippen molar-refractivity contribution in [3.63, 3.8) is 0 Å². The molecular formula is C20H25BN2Si. The number of anilines is 2. The Hall–Kier alpha value is -2.12. The van der Waals surface area contributed by atoms with Crippen molar-refractivity contribution in [1.82, 2.24) is 0 Å². The Morgan fingerprint density at radius 3 is 2.25 bits per heavy atom. The molecule has 3 rings (SSSR count). The van der Waals surface area contributed by atoms with Crippen LogP contribution in [0.15, 0.2) is 47.9 Å². The van der Waals surface area contributed by atoms with Gasteiger partial charge in [0.05, 0.1) is 0 Å². The molecule has 2 nitrogen and oxygen atoms in total. The first-order valence-corrected chi connectivity index (χ1v) is 12.3. The maximum Gasteiger partial charge on any atom is 0.414 e. The molecule has 0 fully saturated rings. The fourth-order valence-electron chi connectivity index (χ4n) is 2.88. The van der Waals surface area contributed by atoms with E-state index >= 15 is 0 Å². The van der Waals surface area contributed by atoms with Crippen LogP contribution < -0.4 is 10.5 Å². The van der Waals surface area contributed by atoms with Crippen molar-refractivity contribution in [2.45, 2.75) is 39.4 Å². The summed E-state index contributed by atoms with van der Waals surface area (Å²) in [5.74, 6) is 3.47. The second-order valence-electron chi connectivity index (χ2n) is 7.38. The van der Waals surface area contributed by atoms with E-state index in [0.717, 1.165) is 18.3 Å². The Bertz CT molecular complexity index is 799. The van der Waals surface area contributed by atoms with Gasteiger partial charge in [0.2, 0.25) is 0 Å². The maximum atomic E-state index is 3.64. The molecule has 2 N–H and O–H groups in total. The molecule has 122 valence electrons. The third-order valence-electron chi connectivity index (χ3n) is 4.05. The molecule has 1 aliphatic rings. The summed E-state index contributed by atoms with van der Waals surface area (Å²) in [7, 11) is -1.40. The molecular weight excluding hydrogens is 307 g/mol. The van der Waals surface area contributed by atoms with Gasteiger partial charge < -0.3 is 10.5 Å². The van der Waals surface area contributed by atoms with Crippen LogP contribution in [0.1, 0.15) is 19.8 Å². The van der Waals surface area contributed by atoms with Crippen molar-refractivity contribution >= 4 is 37.2 Å². The van der Waals surface area contributed by atoms with Crippen LogP contribution in [0.25, 0.3) is 10.8 Å². The Morgan fingerprint density at radius 1 is 1.08 bits per heavy atom. The minimum atomic E-state index is -1.40. The third kappa shape index (κ3) is 3.68. The average Bonchev–Trinajstić information content (AvgIpc) is 2.54. The molecule has 1 aliphatic heterocycles. The summed E-state index contributed by atoms with van der Waals surface area (Å²) in [6, 6.07) is 12.8. The summed E-state index contributed by atoms with van der Waals surface area (Å²) in [4.78, 5) is 0. The summed E-state index contributed by atoms with van der Waals surface area (Å²) in [6.07, 6.45) is 4.48. The summed E-state index contributed by atoms with van der Waals surface area (Å²) in [5, 5.41) is 9.81. The predicted molar refractivity (Wildman–Crippen MR) is 111 cm³/mol. The fraction of sp³-hybridized carbons (Fsp3) is 0.300. The lowest BCUT2D eigenvalue weighted by Gasteiger charge is -2.27. The predicted octanol–water partition coefficient (Wildman–Crippen LogP) is 5.31. The van der Waals surface area contributed by atoms with Gasteiger partial charge in [-0.15, -0.1) is 5.54 Å². The van der Waals surface area contributed by atoms with Crippen LogP contribution in [0.3, 0.4) is 0 Å². The van der Waals surface area contributed by atoms with Gasteiger partial charge in [0.15, 0.2) is 0 Å². The number of hydrogen-bond donors (Lipinski definition) is 2. The van der Waals surface area contributed by atoms with Gasteiger partial charge in [-0.3, -0.25) is 0 Å². The Balaban J connectivity index is 1.98. The van der Waals surface area contributed by atoms with Gasteiger partial charge in [0, 0.05) is 22.2 Å². The van der Waals surface area contributed by atoms with Crippen LogP contribution in [0.5, 0.6) is 0 Å². The quantitative estimate of drug-likeness (QED) is 0.588. The Kier molecular flexibility index (Phi) is 4.73. The van der Waals surface area contributed by atoms with E-state index in [1.54, 1.807) is 0 Å². The number of unbranched alkanes of at least 4 members (excludes halogenated alkanes) is 1. The van der Waals surface area contributed by atoms with E-state index in [4.69, 9.17) is 0 Å². The molecule has 0 atom stereocenters. The monoisotopic (exact) mass is 332 g/mol. The van der Waals surface area contributed by atoms with Gasteiger partial charge in [0.1, 0.15) is 8.07 Å². The first-order chi connectivity index (χ1) is 11.5. The Morgan fingerprint density at radius 2 is 1.71 bits per heavy atom. The van der Waals surface area contributed by atoms with Crippen LogP contribution in [0, 0.1) is 11.5 Å². The molecule has 0 aliphatic carbocycles. The van der Waals surface area contributed by atoms with Crippen LogP contribution in [0.2, 0.25) is 19.6 Å². The molecule has 0 saturated heterocycles. The topological polar surface area (TPSA) is 24.1 Å². The minimum absolute atomic E-state index is 0.0425. The zero-order valence-electron chi connectivity index (χ0n) is 15.0. The zero-order chi connectivity index (χ0) is 17.2. The van der Waals surface area contributed by atoms with Gasteiger partial charge in [0.25, 0.3) is 0 Å². The second-order valence-corrected chi connectivity index (χ2v) is 12.1. The van der Waals surface area contributed by atoms with Gasteiger partial charge in [-0.2, -0.15) is 0 Å². The number of rotatable bonds is 3. The van der Waals surface area contributed by atoms with Gasteiger partial charge in [-0.05, 0) is 23.9 Å². The molecule has 0 saturated carbocycles. The van der Waals surface area contributed by atoms with E-state index in [-0.39, 0.29) is 6.98 Å². The lowest BCUT2D eigenvalue weighted by molar-refractivity contribution is 0.957. The number of nitrogens with one attached hydrogen (secondary N) is 2. The highest BCUT2D eigenvalue weighted by molar-refractivity contribution is 6.84. The number of benzene rings is 2. The number of hydrogen-bond acceptors (Lipinski definition) is 2. The highest BCUT2D eigenvalue weighted by atomic mass is 28.3. The van der Waals surface area contributed by atoms with Crippen molar-refractivity contribution in [3.05, 3.63) is 47.9 Å². The molecule has 2 aromatic carbocycles. The molecule has 0 aromatic heterocycles. The first-order valence-electron chi connectivity index (χ1n) is 8.76. The van der Waals surface area contributed by atoms with Crippen LogP contribution in [-0.2, 0) is 0 Å². The van der Waals surface area contributed by atoms with Crippen LogP contribution in [-0.4, -0.2) is 15.1 Å². The van der Waals surface area contributed by atoms with Crippen molar-refractivity contribution in [2.75, 3.05) is 10.5 Å². The van der Waals surface area contributed by atoms with Gasteiger partial charge in [-0.1, -0.05) is 69.2 Å². The van der Waals surface area contributed by atoms with E-state index in [2.05, 4.69) is 91.0 Å². The van der Waals surface area contributed by atoms with Crippen molar-refractivity contribution in [3.8, 4) is 11.5 Å². The summed E-state index contributed by atoms with van der Waals surface area (Å²) in [5.41, 5.74) is 7.04. The first kappa shape index (κ1) is 16.7. The SMILES string of the molecule is CCC/C=C(\C#C[Si](C)(C)C)B1Nc2cccc3cccc(c23)N1. The lowest BCUT2D eigenvalue weighted by atomic mass is 9.65. The number of allylic oxidation sites excluding steroid dienone is 2. The smallest absolute Gasteiger partial charge is 0.404 e. The van der Waals surface area contributed by atoms with E-state index < -0.39 is 8.07 Å². The largest absolute Gasteiger partial charge is 0.414 e. The van der Waals surface area contributed by atoms with Crippen LogP contribution >= 0.6 is 0 Å². The van der Waals surface area contributed by atoms with Gasteiger partial charge >= 0.3 is 6.98 Å². The third-order valence-corrected chi connectivity index (χ3v) is 4.93. The highest BCUT2D eigenvalue weighted by Crippen LogP contribution is 2.34. The summed E-state index contributed by atoms with van der Waals surface area (Å²) < 4.78 is 0. The molecule has 0 amide bonds. The standard InChI is InChI=1S/C20H25BN2Si/c1-5-6-11-17(14-15-24(2,3)4)21-22-18-12-7-9-16-10-8-13-19(23-21)20(16)18/h7-13,22-23H,5-6H2,1-4H3/b17-11+. The summed E-state index contributed by atoms with van der Waals surface area (Å²) >= 11 is 0. The van der Waals surface area contributed by atoms with Crippen molar-refractivity contribution in [2.24, 2.45) is 0 Å². The van der Waals surface area contributed by atoms with Crippen molar-refractivity contribution in [1.29, 1.82) is 0 Å². The molecule has 0 unspecified atom stereocenters. The molecule has 1 heterocycles. The Labute approximate surface area is 146 Å². The van der Waals surface area contributed by atoms with Crippen molar-refractivity contribution < 1.29 is 0 Å². The van der Waals surface area contributed by atoms with Crippen LogP contribution in [0.4, 0.5) is 11.4 Å². The van der Waals surface area contributed by atoms with E-state index in [0.29, 0.717) is 0 Å². The molecule has 4 heteroatoms. The fourth-order valence-corrected chi connectivity index (χ4v) is 3.40. The average molecular weight is 332 g/mol. The molecule has 24 heavy (non-hydrogen) atoms. The normalized spacial score (nSPS) is 13.8. The minimum Gasteiger partial charge on any atom is -0.404 e. The molecule has 2 aromatic rings. The molecule has 0 spiro atoms. The van der Waals surface area contributed by atoms with E-state index in [1.165, 1.54) is 22.1 Å². The van der Waals surface area contributed by atoms with E-state index in [1.807, 2.05) is 0 Å². The van der Waals surface area contributed by atoms with Gasteiger partial charge in [-0.25, -0.2) is 0 Å². The molecule has 0 bridgehead atoms. The zero-order valence-corrected chi connectivity index (χ0v) is 16.0. The molecule has 0 radical (unpaired) electrons. The summed E-state index contributed by atoms with van der Waals surface area (Å²) in [6.45, 7) is 9.11. The lowest BCUT2D eigenvalue weighted by Crippen LogP contribution is -2.39. The maximum absolute atomic E-state index is 3.64. The second kappa shape index (κ2) is 6.78.